The maximum atomic E-state index is 14.7. The quantitative estimate of drug-likeness (QED) is 0.352. The van der Waals surface area contributed by atoms with Crippen LogP contribution in [-0.2, 0) is 4.74 Å². The molecule has 0 unspecified atom stereocenters. The standard InChI is InChI=1S/C27H22F3NO5/c1-35-21-12-17(5-6-18(21)28)31-20-13-19(29)24(30)26(32)23(20)22(25(31)14-7-9-36-10-8-14)15-3-2-4-16(11-15)27(33)34/h2-6,11-14,32H,7-10H2,1H3,(H,33,34). The van der Waals surface area contributed by atoms with Crippen LogP contribution in [0.15, 0.2) is 48.5 Å². The molecule has 0 amide bonds. The van der Waals surface area contributed by atoms with Crippen LogP contribution >= 0.6 is 0 Å². The Kier molecular flexibility index (Phi) is 6.09. The summed E-state index contributed by atoms with van der Waals surface area (Å²) >= 11 is 0. The lowest BCUT2D eigenvalue weighted by Crippen LogP contribution is -2.17. The SMILES string of the molecule is COc1cc(-n2c(C3CCOCC3)c(-c3cccc(C(=O)O)c3)c3c(O)c(F)c(F)cc32)ccc1F. The summed E-state index contributed by atoms with van der Waals surface area (Å²) in [6, 6.07) is 11.2. The van der Waals surface area contributed by atoms with Gasteiger partial charge < -0.3 is 24.3 Å². The van der Waals surface area contributed by atoms with E-state index in [1.165, 1.54) is 37.4 Å². The Bertz CT molecular complexity index is 1490. The Labute approximate surface area is 204 Å². The van der Waals surface area contributed by atoms with E-state index in [4.69, 9.17) is 9.47 Å². The molecular weight excluding hydrogens is 475 g/mol. The lowest BCUT2D eigenvalue weighted by molar-refractivity contribution is 0.0697. The second-order valence-electron chi connectivity index (χ2n) is 8.60. The summed E-state index contributed by atoms with van der Waals surface area (Å²) in [5.41, 5.74) is 1.94. The van der Waals surface area contributed by atoms with Gasteiger partial charge in [0.2, 0.25) is 5.82 Å². The fraction of sp³-hybridized carbons (Fsp3) is 0.222. The number of benzene rings is 3. The number of carboxylic acids is 1. The minimum atomic E-state index is -1.41. The van der Waals surface area contributed by atoms with Crippen molar-refractivity contribution in [3.05, 3.63) is 77.2 Å². The second kappa shape index (κ2) is 9.23. The van der Waals surface area contributed by atoms with Gasteiger partial charge in [0.25, 0.3) is 0 Å². The smallest absolute Gasteiger partial charge is 0.335 e. The molecule has 9 heteroatoms. The first-order chi connectivity index (χ1) is 17.3. The van der Waals surface area contributed by atoms with E-state index in [1.807, 2.05) is 0 Å². The van der Waals surface area contributed by atoms with Crippen molar-refractivity contribution in [2.75, 3.05) is 20.3 Å². The third-order valence-electron chi connectivity index (χ3n) is 6.56. The highest BCUT2D eigenvalue weighted by atomic mass is 19.2. The van der Waals surface area contributed by atoms with E-state index >= 15 is 0 Å². The van der Waals surface area contributed by atoms with Crippen molar-refractivity contribution >= 4 is 16.9 Å². The van der Waals surface area contributed by atoms with Crippen molar-refractivity contribution in [1.82, 2.24) is 4.57 Å². The number of carbonyl (C=O) groups is 1. The van der Waals surface area contributed by atoms with Crippen LogP contribution in [0.2, 0.25) is 0 Å². The number of hydrogen-bond donors (Lipinski definition) is 2. The average Bonchev–Trinajstić information content (AvgIpc) is 3.23. The van der Waals surface area contributed by atoms with Gasteiger partial charge in [-0.25, -0.2) is 13.6 Å². The molecule has 6 nitrogen and oxygen atoms in total. The third kappa shape index (κ3) is 3.85. The van der Waals surface area contributed by atoms with Crippen molar-refractivity contribution in [3.63, 3.8) is 0 Å². The molecule has 1 saturated heterocycles. The predicted octanol–water partition coefficient (Wildman–Crippen LogP) is 6.02. The van der Waals surface area contributed by atoms with Gasteiger partial charge >= 0.3 is 5.97 Å². The number of phenolic OH excluding ortho intramolecular Hbond substituents is 1. The number of carboxylic acid groups (broad SMARTS) is 1. The second-order valence-corrected chi connectivity index (χ2v) is 8.60. The number of ether oxygens (including phenoxy) is 2. The van der Waals surface area contributed by atoms with Crippen LogP contribution in [0.25, 0.3) is 27.7 Å². The Hall–Kier alpha value is -3.98. The molecule has 0 spiro atoms. The van der Waals surface area contributed by atoms with Crippen molar-refractivity contribution in [1.29, 1.82) is 0 Å². The minimum Gasteiger partial charge on any atom is -0.504 e. The van der Waals surface area contributed by atoms with Crippen LogP contribution in [0.3, 0.4) is 0 Å². The molecule has 0 bridgehead atoms. The van der Waals surface area contributed by atoms with E-state index in [2.05, 4.69) is 0 Å². The van der Waals surface area contributed by atoms with Gasteiger partial charge in [0, 0.05) is 48.2 Å². The summed E-state index contributed by atoms with van der Waals surface area (Å²) in [7, 11) is 1.32. The van der Waals surface area contributed by atoms with E-state index in [1.54, 1.807) is 16.7 Å². The summed E-state index contributed by atoms with van der Waals surface area (Å²) in [6.07, 6.45) is 1.15. The van der Waals surface area contributed by atoms with Crippen LogP contribution in [-0.4, -0.2) is 41.1 Å². The maximum Gasteiger partial charge on any atom is 0.335 e. The zero-order valence-corrected chi connectivity index (χ0v) is 19.2. The van der Waals surface area contributed by atoms with E-state index in [-0.39, 0.29) is 28.1 Å². The summed E-state index contributed by atoms with van der Waals surface area (Å²) in [5, 5.41) is 20.4. The number of halogens is 3. The maximum absolute atomic E-state index is 14.7. The molecule has 1 fully saturated rings. The fourth-order valence-electron chi connectivity index (χ4n) is 4.92. The number of hydrogen-bond acceptors (Lipinski definition) is 4. The lowest BCUT2D eigenvalue weighted by atomic mass is 9.89. The Morgan fingerprint density at radius 3 is 2.50 bits per heavy atom. The molecular formula is C27H22F3NO5. The van der Waals surface area contributed by atoms with E-state index in [0.717, 1.165) is 6.07 Å². The van der Waals surface area contributed by atoms with Gasteiger partial charge in [-0.1, -0.05) is 12.1 Å². The zero-order chi connectivity index (χ0) is 25.6. The average molecular weight is 497 g/mol. The van der Waals surface area contributed by atoms with Crippen LogP contribution in [0.5, 0.6) is 11.5 Å². The molecule has 3 aromatic carbocycles. The first-order valence-electron chi connectivity index (χ1n) is 11.3. The van der Waals surface area contributed by atoms with Crippen molar-refractivity contribution in [3.8, 4) is 28.3 Å². The molecule has 5 rings (SSSR count). The molecule has 1 aromatic heterocycles. The third-order valence-corrected chi connectivity index (χ3v) is 6.56. The first kappa shape index (κ1) is 23.7. The highest BCUT2D eigenvalue weighted by Gasteiger charge is 2.31. The molecule has 1 aliphatic heterocycles. The molecule has 2 N–H and O–H groups in total. The molecule has 4 aromatic rings. The molecule has 0 radical (unpaired) electrons. The summed E-state index contributed by atoms with van der Waals surface area (Å²) in [6.45, 7) is 0.893. The van der Waals surface area contributed by atoms with Crippen LogP contribution in [0, 0.1) is 17.5 Å². The number of fused-ring (bicyclic) bond motifs is 1. The number of phenols is 1. The predicted molar refractivity (Wildman–Crippen MR) is 127 cm³/mol. The van der Waals surface area contributed by atoms with Gasteiger partial charge in [-0.15, -0.1) is 0 Å². The highest BCUT2D eigenvalue weighted by Crippen LogP contribution is 2.48. The topological polar surface area (TPSA) is 80.9 Å². The summed E-state index contributed by atoms with van der Waals surface area (Å²) in [4.78, 5) is 11.7. The number of rotatable bonds is 5. The molecule has 0 atom stereocenters. The molecule has 36 heavy (non-hydrogen) atoms. The molecule has 0 saturated carbocycles. The Morgan fingerprint density at radius 1 is 1.06 bits per heavy atom. The van der Waals surface area contributed by atoms with Crippen LogP contribution in [0.1, 0.15) is 34.8 Å². The largest absolute Gasteiger partial charge is 0.504 e. The Balaban J connectivity index is 1.95. The van der Waals surface area contributed by atoms with E-state index in [0.29, 0.717) is 48.6 Å². The Morgan fingerprint density at radius 2 is 1.81 bits per heavy atom. The molecule has 2 heterocycles. The number of aromatic hydroxyl groups is 1. The van der Waals surface area contributed by atoms with Crippen molar-refractivity contribution in [2.45, 2.75) is 18.8 Å². The lowest BCUT2D eigenvalue weighted by Gasteiger charge is -2.26. The minimum absolute atomic E-state index is 0.00291. The van der Waals surface area contributed by atoms with E-state index in [9.17, 15) is 28.2 Å². The molecule has 186 valence electrons. The van der Waals surface area contributed by atoms with Crippen molar-refractivity contribution in [2.24, 2.45) is 0 Å². The molecule has 1 aliphatic rings. The van der Waals surface area contributed by atoms with E-state index < -0.39 is 29.2 Å². The monoisotopic (exact) mass is 497 g/mol. The van der Waals surface area contributed by atoms with Crippen LogP contribution in [0.4, 0.5) is 13.2 Å². The van der Waals surface area contributed by atoms with Crippen LogP contribution < -0.4 is 4.74 Å². The number of aromatic nitrogens is 1. The molecule has 0 aliphatic carbocycles. The number of methoxy groups -OCH3 is 1. The highest BCUT2D eigenvalue weighted by molar-refractivity contribution is 6.04. The van der Waals surface area contributed by atoms with Gasteiger partial charge in [-0.2, -0.15) is 4.39 Å². The normalized spacial score (nSPS) is 14.3. The van der Waals surface area contributed by atoms with Crippen molar-refractivity contribution < 1.29 is 37.7 Å². The first-order valence-corrected chi connectivity index (χ1v) is 11.3. The van der Waals surface area contributed by atoms with Gasteiger partial charge in [0.05, 0.1) is 23.6 Å². The summed E-state index contributed by atoms with van der Waals surface area (Å²) < 4.78 is 55.9. The van der Waals surface area contributed by atoms with Gasteiger partial charge in [-0.3, -0.25) is 0 Å². The number of nitrogens with zero attached hydrogens (tertiary/aromatic N) is 1. The van der Waals surface area contributed by atoms with Gasteiger partial charge in [0.15, 0.2) is 23.1 Å². The van der Waals surface area contributed by atoms with Gasteiger partial charge in [0.1, 0.15) is 0 Å². The summed E-state index contributed by atoms with van der Waals surface area (Å²) in [5.74, 6) is -5.52. The zero-order valence-electron chi connectivity index (χ0n) is 19.2. The fourth-order valence-corrected chi connectivity index (χ4v) is 4.92. The number of aromatic carboxylic acids is 1. The van der Waals surface area contributed by atoms with Gasteiger partial charge in [-0.05, 0) is 42.7 Å².